The van der Waals surface area contributed by atoms with E-state index in [2.05, 4.69) is 18.3 Å². The highest BCUT2D eigenvalue weighted by atomic mass is 32.1. The quantitative estimate of drug-likeness (QED) is 0.193. The Labute approximate surface area is 205 Å². The predicted octanol–water partition coefficient (Wildman–Crippen LogP) is 7.04. The third-order valence-corrected chi connectivity index (χ3v) is 6.15. The van der Waals surface area contributed by atoms with Gasteiger partial charge >= 0.3 is 5.97 Å². The summed E-state index contributed by atoms with van der Waals surface area (Å²) in [7, 11) is 0. The molecule has 0 spiro atoms. The summed E-state index contributed by atoms with van der Waals surface area (Å²) >= 11 is 1.32. The van der Waals surface area contributed by atoms with Crippen LogP contribution in [-0.4, -0.2) is 25.1 Å². The molecule has 0 saturated heterocycles. The van der Waals surface area contributed by atoms with Crippen molar-refractivity contribution in [2.45, 2.75) is 40.5 Å². The second kappa shape index (κ2) is 12.2. The average molecular weight is 478 g/mol. The summed E-state index contributed by atoms with van der Waals surface area (Å²) < 4.78 is 11.0. The maximum absolute atomic E-state index is 12.8. The van der Waals surface area contributed by atoms with E-state index in [4.69, 9.17) is 9.47 Å². The smallest absolute Gasteiger partial charge is 0.341 e. The van der Waals surface area contributed by atoms with Gasteiger partial charge in [0.2, 0.25) is 5.91 Å². The van der Waals surface area contributed by atoms with Crippen LogP contribution in [0.15, 0.2) is 53.9 Å². The van der Waals surface area contributed by atoms with Gasteiger partial charge in [-0.2, -0.15) is 0 Å². The van der Waals surface area contributed by atoms with Crippen molar-refractivity contribution >= 4 is 34.3 Å². The highest BCUT2D eigenvalue weighted by Crippen LogP contribution is 2.38. The van der Waals surface area contributed by atoms with Crippen LogP contribution in [0.5, 0.6) is 5.75 Å². The Hall–Kier alpha value is -3.38. The van der Waals surface area contributed by atoms with Crippen molar-refractivity contribution in [2.75, 3.05) is 18.5 Å². The molecule has 0 unspecified atom stereocenters. The van der Waals surface area contributed by atoms with Crippen LogP contribution in [0.3, 0.4) is 0 Å². The van der Waals surface area contributed by atoms with Gasteiger partial charge in [0, 0.05) is 17.0 Å². The molecule has 1 N–H and O–H groups in total. The third kappa shape index (κ3) is 6.58. The lowest BCUT2D eigenvalue weighted by Crippen LogP contribution is -2.12. The molecule has 34 heavy (non-hydrogen) atoms. The SMILES string of the molecule is CCCCOc1ccc(/C=C/C(=O)Nc2scc(-c3ccc(C)cc3C)c2C(=O)OCC)cc1. The molecule has 0 fully saturated rings. The summed E-state index contributed by atoms with van der Waals surface area (Å²) in [5.41, 5.74) is 5.18. The van der Waals surface area contributed by atoms with E-state index in [1.165, 1.54) is 17.4 Å². The largest absolute Gasteiger partial charge is 0.494 e. The number of hydrogen-bond donors (Lipinski definition) is 1. The molecule has 5 nitrogen and oxygen atoms in total. The number of thiophene rings is 1. The molecule has 3 rings (SSSR count). The van der Waals surface area contributed by atoms with Crippen LogP contribution >= 0.6 is 11.3 Å². The Bertz CT molecular complexity index is 1160. The third-order valence-electron chi connectivity index (χ3n) is 5.25. The Balaban J connectivity index is 1.77. The minimum Gasteiger partial charge on any atom is -0.494 e. The Morgan fingerprint density at radius 1 is 1.03 bits per heavy atom. The van der Waals surface area contributed by atoms with Gasteiger partial charge in [0.25, 0.3) is 0 Å². The van der Waals surface area contributed by atoms with Crippen LogP contribution in [0.4, 0.5) is 5.00 Å². The van der Waals surface area contributed by atoms with E-state index in [9.17, 15) is 9.59 Å². The van der Waals surface area contributed by atoms with Crippen molar-refractivity contribution in [3.05, 3.63) is 76.2 Å². The molecular weight excluding hydrogens is 446 g/mol. The highest BCUT2D eigenvalue weighted by molar-refractivity contribution is 7.15. The standard InChI is InChI=1S/C28H31NO4S/c1-5-7-16-33-22-12-9-21(10-13-22)11-15-25(30)29-27-26(28(31)32-6-2)24(18-34-27)23-14-8-19(3)17-20(23)4/h8-15,17-18H,5-7,16H2,1-4H3,(H,29,30)/b15-11+. The van der Waals surface area contributed by atoms with Gasteiger partial charge < -0.3 is 14.8 Å². The molecule has 0 bridgehead atoms. The molecule has 1 heterocycles. The number of unbranched alkanes of at least 4 members (excludes halogenated alkanes) is 1. The number of rotatable bonds is 10. The van der Waals surface area contributed by atoms with Crippen LogP contribution in [-0.2, 0) is 9.53 Å². The number of carbonyl (C=O) groups is 2. The van der Waals surface area contributed by atoms with Crippen LogP contribution in [0.2, 0.25) is 0 Å². The molecule has 0 aliphatic heterocycles. The fraction of sp³-hybridized carbons (Fsp3) is 0.286. The number of carbonyl (C=O) groups excluding carboxylic acids is 2. The van der Waals surface area contributed by atoms with E-state index in [0.717, 1.165) is 46.4 Å². The van der Waals surface area contributed by atoms with Crippen molar-refractivity contribution < 1.29 is 19.1 Å². The van der Waals surface area contributed by atoms with E-state index in [0.29, 0.717) is 17.2 Å². The number of hydrogen-bond acceptors (Lipinski definition) is 5. The lowest BCUT2D eigenvalue weighted by molar-refractivity contribution is -0.111. The maximum atomic E-state index is 12.8. The van der Waals surface area contributed by atoms with E-state index in [-0.39, 0.29) is 12.5 Å². The fourth-order valence-electron chi connectivity index (χ4n) is 3.50. The predicted molar refractivity (Wildman–Crippen MR) is 140 cm³/mol. The molecule has 178 valence electrons. The monoisotopic (exact) mass is 477 g/mol. The topological polar surface area (TPSA) is 64.6 Å². The van der Waals surface area contributed by atoms with Gasteiger partial charge in [0.15, 0.2) is 0 Å². The van der Waals surface area contributed by atoms with Gasteiger partial charge in [0.05, 0.1) is 13.2 Å². The normalized spacial score (nSPS) is 10.9. The van der Waals surface area contributed by atoms with Crippen molar-refractivity contribution in [2.24, 2.45) is 0 Å². The summed E-state index contributed by atoms with van der Waals surface area (Å²) in [6.07, 6.45) is 5.29. The summed E-state index contributed by atoms with van der Waals surface area (Å²) in [4.78, 5) is 25.4. The Morgan fingerprint density at radius 3 is 2.47 bits per heavy atom. The first kappa shape index (κ1) is 25.2. The number of esters is 1. The molecule has 0 aliphatic rings. The van der Waals surface area contributed by atoms with Gasteiger partial charge in [-0.05, 0) is 62.1 Å². The number of ether oxygens (including phenoxy) is 2. The Morgan fingerprint density at radius 2 is 1.79 bits per heavy atom. The van der Waals surface area contributed by atoms with Crippen LogP contribution in [0, 0.1) is 13.8 Å². The van der Waals surface area contributed by atoms with Gasteiger partial charge in [0.1, 0.15) is 16.3 Å². The minimum atomic E-state index is -0.448. The fourth-order valence-corrected chi connectivity index (χ4v) is 4.46. The Kier molecular flexibility index (Phi) is 9.05. The number of benzene rings is 2. The molecule has 0 aliphatic carbocycles. The molecule has 1 amide bonds. The van der Waals surface area contributed by atoms with Crippen LogP contribution in [0.25, 0.3) is 17.2 Å². The highest BCUT2D eigenvalue weighted by Gasteiger charge is 2.23. The average Bonchev–Trinajstić information content (AvgIpc) is 3.22. The maximum Gasteiger partial charge on any atom is 0.341 e. The molecule has 3 aromatic rings. The van der Waals surface area contributed by atoms with E-state index in [1.54, 1.807) is 13.0 Å². The zero-order valence-corrected chi connectivity index (χ0v) is 21.0. The molecular formula is C28H31NO4S. The molecule has 6 heteroatoms. The lowest BCUT2D eigenvalue weighted by atomic mass is 9.97. The lowest BCUT2D eigenvalue weighted by Gasteiger charge is -2.10. The van der Waals surface area contributed by atoms with Crippen LogP contribution in [0.1, 0.15) is 53.7 Å². The first-order chi connectivity index (χ1) is 16.4. The second-order valence-electron chi connectivity index (χ2n) is 7.99. The second-order valence-corrected chi connectivity index (χ2v) is 8.87. The van der Waals surface area contributed by atoms with Crippen molar-refractivity contribution in [3.8, 4) is 16.9 Å². The van der Waals surface area contributed by atoms with E-state index >= 15 is 0 Å². The first-order valence-electron chi connectivity index (χ1n) is 11.5. The number of anilines is 1. The summed E-state index contributed by atoms with van der Waals surface area (Å²) in [6, 6.07) is 13.7. The van der Waals surface area contributed by atoms with E-state index in [1.807, 2.05) is 55.6 Å². The first-order valence-corrected chi connectivity index (χ1v) is 12.4. The zero-order valence-electron chi connectivity index (χ0n) is 20.1. The molecule has 0 atom stereocenters. The number of amides is 1. The summed E-state index contributed by atoms with van der Waals surface area (Å²) in [6.45, 7) is 8.88. The number of nitrogens with one attached hydrogen (secondary N) is 1. The summed E-state index contributed by atoms with van der Waals surface area (Å²) in [5, 5.41) is 5.22. The van der Waals surface area contributed by atoms with Gasteiger partial charge in [-0.1, -0.05) is 49.2 Å². The van der Waals surface area contributed by atoms with Crippen molar-refractivity contribution in [1.82, 2.24) is 0 Å². The molecule has 0 radical (unpaired) electrons. The zero-order chi connectivity index (χ0) is 24.5. The number of aryl methyl sites for hydroxylation is 2. The minimum absolute atomic E-state index is 0.256. The summed E-state index contributed by atoms with van der Waals surface area (Å²) in [5.74, 6) is 0.0474. The van der Waals surface area contributed by atoms with Crippen molar-refractivity contribution in [1.29, 1.82) is 0 Å². The molecule has 1 aromatic heterocycles. The van der Waals surface area contributed by atoms with Gasteiger partial charge in [-0.15, -0.1) is 11.3 Å². The van der Waals surface area contributed by atoms with E-state index < -0.39 is 5.97 Å². The van der Waals surface area contributed by atoms with Gasteiger partial charge in [-0.25, -0.2) is 4.79 Å². The van der Waals surface area contributed by atoms with Gasteiger partial charge in [-0.3, -0.25) is 4.79 Å². The van der Waals surface area contributed by atoms with Crippen molar-refractivity contribution in [3.63, 3.8) is 0 Å². The molecule has 2 aromatic carbocycles. The molecule has 0 saturated carbocycles. The van der Waals surface area contributed by atoms with Crippen LogP contribution < -0.4 is 10.1 Å².